The van der Waals surface area contributed by atoms with Gasteiger partial charge < -0.3 is 21.5 Å². The van der Waals surface area contributed by atoms with Gasteiger partial charge in [-0.25, -0.2) is 4.79 Å². The summed E-state index contributed by atoms with van der Waals surface area (Å²) in [5.41, 5.74) is 5.23. The van der Waals surface area contributed by atoms with Gasteiger partial charge in [0, 0.05) is 26.2 Å². The highest BCUT2D eigenvalue weighted by Gasteiger charge is 2.38. The number of nitrogens with two attached hydrogens (primary N) is 1. The van der Waals surface area contributed by atoms with Crippen LogP contribution in [-0.2, 0) is 4.79 Å². The minimum atomic E-state index is -5.08. The van der Waals surface area contributed by atoms with Crippen molar-refractivity contribution in [3.05, 3.63) is 0 Å². The molecule has 0 aliphatic rings. The average molecular weight is 231 g/mol. The number of carboxylic acid groups (broad SMARTS) is 1. The number of hydrogen-bond acceptors (Lipinski definition) is 4. The smallest absolute Gasteiger partial charge is 0.475 e. The number of halogens is 3. The summed E-state index contributed by atoms with van der Waals surface area (Å²) < 4.78 is 31.7. The minimum Gasteiger partial charge on any atom is -0.475 e. The normalized spacial score (nSPS) is 10.5. The molecule has 0 amide bonds. The molecule has 5 N–H and O–H groups in total. The summed E-state index contributed by atoms with van der Waals surface area (Å²) in [5, 5.41) is 13.3. The van der Waals surface area contributed by atoms with Gasteiger partial charge in [0.1, 0.15) is 0 Å². The van der Waals surface area contributed by atoms with E-state index >= 15 is 0 Å². The Balaban J connectivity index is 0. The first-order chi connectivity index (χ1) is 6.86. The van der Waals surface area contributed by atoms with Gasteiger partial charge >= 0.3 is 12.1 Å². The zero-order valence-electron chi connectivity index (χ0n) is 8.40. The summed E-state index contributed by atoms with van der Waals surface area (Å²) in [5.74, 6) is -2.76. The molecule has 92 valence electrons. The molecule has 0 rings (SSSR count). The predicted molar refractivity (Wildman–Crippen MR) is 49.5 cm³/mol. The number of carbonyl (C=O) groups is 1. The Morgan fingerprint density at radius 3 is 2.07 bits per heavy atom. The molecule has 0 aromatic carbocycles. The van der Waals surface area contributed by atoms with E-state index in [9.17, 15) is 13.2 Å². The van der Waals surface area contributed by atoms with Crippen LogP contribution in [0, 0.1) is 0 Å². The van der Waals surface area contributed by atoms with Gasteiger partial charge in [-0.05, 0) is 7.05 Å². The summed E-state index contributed by atoms with van der Waals surface area (Å²) in [6.45, 7) is 3.67. The lowest BCUT2D eigenvalue weighted by Crippen LogP contribution is -2.29. The maximum absolute atomic E-state index is 10.6. The van der Waals surface area contributed by atoms with Gasteiger partial charge in [0.05, 0.1) is 0 Å². The first-order valence-electron chi connectivity index (χ1n) is 4.21. The van der Waals surface area contributed by atoms with E-state index in [-0.39, 0.29) is 0 Å². The Labute approximate surface area is 85.8 Å². The molecule has 0 saturated carbocycles. The lowest BCUT2D eigenvalue weighted by Gasteiger charge is -1.99. The van der Waals surface area contributed by atoms with Crippen LogP contribution in [-0.4, -0.2) is 50.5 Å². The van der Waals surface area contributed by atoms with Gasteiger partial charge in [-0.3, -0.25) is 0 Å². The SMILES string of the molecule is CNCCNCCN.O=C(O)C(F)(F)F. The molecule has 0 radical (unpaired) electrons. The van der Waals surface area contributed by atoms with E-state index in [2.05, 4.69) is 10.6 Å². The van der Waals surface area contributed by atoms with Gasteiger partial charge in [-0.1, -0.05) is 0 Å². The molecule has 0 fully saturated rings. The van der Waals surface area contributed by atoms with E-state index in [1.807, 2.05) is 7.05 Å². The maximum atomic E-state index is 10.6. The monoisotopic (exact) mass is 231 g/mol. The van der Waals surface area contributed by atoms with Gasteiger partial charge in [0.15, 0.2) is 0 Å². The third-order valence-electron chi connectivity index (χ3n) is 1.12. The van der Waals surface area contributed by atoms with Crippen LogP contribution in [0.15, 0.2) is 0 Å². The molecular weight excluding hydrogens is 215 g/mol. The number of likely N-dealkylation sites (N-methyl/N-ethyl adjacent to an activating group) is 1. The van der Waals surface area contributed by atoms with Crippen molar-refractivity contribution in [2.24, 2.45) is 5.73 Å². The molecule has 0 heterocycles. The second-order valence-corrected chi connectivity index (χ2v) is 2.45. The van der Waals surface area contributed by atoms with E-state index in [0.29, 0.717) is 0 Å². The Bertz CT molecular complexity index is 158. The topological polar surface area (TPSA) is 87.4 Å². The van der Waals surface area contributed by atoms with Crippen molar-refractivity contribution in [1.82, 2.24) is 10.6 Å². The maximum Gasteiger partial charge on any atom is 0.490 e. The summed E-state index contributed by atoms with van der Waals surface area (Å²) in [4.78, 5) is 8.90. The highest BCUT2D eigenvalue weighted by atomic mass is 19.4. The standard InChI is InChI=1S/C5H15N3.C2HF3O2/c1-7-4-5-8-3-2-6;3-2(4,5)1(6)7/h7-8H,2-6H2,1H3;(H,6,7). The number of nitrogens with one attached hydrogen (secondary N) is 2. The van der Waals surface area contributed by atoms with Crippen LogP contribution < -0.4 is 16.4 Å². The van der Waals surface area contributed by atoms with Crippen LogP contribution in [0.4, 0.5) is 13.2 Å². The van der Waals surface area contributed by atoms with Crippen molar-refractivity contribution < 1.29 is 23.1 Å². The van der Waals surface area contributed by atoms with Crippen molar-refractivity contribution >= 4 is 5.97 Å². The Kier molecular flexibility index (Phi) is 10.7. The highest BCUT2D eigenvalue weighted by molar-refractivity contribution is 5.73. The van der Waals surface area contributed by atoms with Gasteiger partial charge in [0.2, 0.25) is 0 Å². The van der Waals surface area contributed by atoms with Crippen LogP contribution in [0.1, 0.15) is 0 Å². The molecule has 0 aromatic heterocycles. The van der Waals surface area contributed by atoms with Gasteiger partial charge in [0.25, 0.3) is 0 Å². The average Bonchev–Trinajstić information content (AvgIpc) is 2.12. The fraction of sp³-hybridized carbons (Fsp3) is 0.857. The molecule has 5 nitrogen and oxygen atoms in total. The Morgan fingerprint density at radius 1 is 1.33 bits per heavy atom. The van der Waals surface area contributed by atoms with E-state index < -0.39 is 12.1 Å². The molecular formula is C7H16F3N3O2. The van der Waals surface area contributed by atoms with Crippen molar-refractivity contribution in [1.29, 1.82) is 0 Å². The van der Waals surface area contributed by atoms with Crippen LogP contribution >= 0.6 is 0 Å². The second-order valence-electron chi connectivity index (χ2n) is 2.45. The molecule has 0 unspecified atom stereocenters. The predicted octanol–water partition coefficient (Wildman–Crippen LogP) is -0.613. The third-order valence-corrected chi connectivity index (χ3v) is 1.12. The van der Waals surface area contributed by atoms with E-state index in [0.717, 1.165) is 26.2 Å². The molecule has 0 atom stereocenters. The van der Waals surface area contributed by atoms with Crippen molar-refractivity contribution in [2.45, 2.75) is 6.18 Å². The lowest BCUT2D eigenvalue weighted by molar-refractivity contribution is -0.192. The first-order valence-corrected chi connectivity index (χ1v) is 4.21. The van der Waals surface area contributed by atoms with Crippen LogP contribution in [0.2, 0.25) is 0 Å². The largest absolute Gasteiger partial charge is 0.490 e. The molecule has 0 saturated heterocycles. The highest BCUT2D eigenvalue weighted by Crippen LogP contribution is 2.13. The fourth-order valence-corrected chi connectivity index (χ4v) is 0.440. The number of carboxylic acids is 1. The summed E-state index contributed by atoms with van der Waals surface area (Å²) in [7, 11) is 1.93. The Morgan fingerprint density at radius 2 is 1.80 bits per heavy atom. The lowest BCUT2D eigenvalue weighted by atomic mass is 10.6. The van der Waals surface area contributed by atoms with E-state index in [4.69, 9.17) is 15.6 Å². The number of alkyl halides is 3. The zero-order chi connectivity index (χ0) is 12.3. The molecule has 0 aliphatic carbocycles. The molecule has 15 heavy (non-hydrogen) atoms. The minimum absolute atomic E-state index is 0.726. The van der Waals surface area contributed by atoms with Crippen molar-refractivity contribution in [3.8, 4) is 0 Å². The fourth-order valence-electron chi connectivity index (χ4n) is 0.440. The summed E-state index contributed by atoms with van der Waals surface area (Å²) in [6.07, 6.45) is -5.08. The summed E-state index contributed by atoms with van der Waals surface area (Å²) in [6, 6.07) is 0. The molecule has 8 heteroatoms. The molecule has 0 spiro atoms. The van der Waals surface area contributed by atoms with E-state index in [1.54, 1.807) is 0 Å². The quantitative estimate of drug-likeness (QED) is 0.474. The van der Waals surface area contributed by atoms with Crippen molar-refractivity contribution in [2.75, 3.05) is 33.2 Å². The Hall–Kier alpha value is -0.860. The number of hydrogen-bond donors (Lipinski definition) is 4. The first kappa shape index (κ1) is 16.6. The van der Waals surface area contributed by atoms with Crippen LogP contribution in [0.25, 0.3) is 0 Å². The third kappa shape index (κ3) is 15.9. The number of rotatable bonds is 5. The van der Waals surface area contributed by atoms with E-state index in [1.165, 1.54) is 0 Å². The summed E-state index contributed by atoms with van der Waals surface area (Å²) >= 11 is 0. The van der Waals surface area contributed by atoms with Crippen LogP contribution in [0.5, 0.6) is 0 Å². The molecule has 0 aliphatic heterocycles. The second kappa shape index (κ2) is 9.69. The van der Waals surface area contributed by atoms with Gasteiger partial charge in [-0.15, -0.1) is 0 Å². The van der Waals surface area contributed by atoms with Gasteiger partial charge in [-0.2, -0.15) is 13.2 Å². The molecule has 0 aromatic rings. The zero-order valence-corrected chi connectivity index (χ0v) is 8.40. The number of aliphatic carboxylic acids is 1. The van der Waals surface area contributed by atoms with Crippen molar-refractivity contribution in [3.63, 3.8) is 0 Å². The molecule has 0 bridgehead atoms. The van der Waals surface area contributed by atoms with Crippen LogP contribution in [0.3, 0.4) is 0 Å².